The van der Waals surface area contributed by atoms with Crippen molar-refractivity contribution in [2.24, 2.45) is 5.73 Å². The summed E-state index contributed by atoms with van der Waals surface area (Å²) >= 11 is 0. The topological polar surface area (TPSA) is 160 Å². The van der Waals surface area contributed by atoms with Gasteiger partial charge in [-0.3, -0.25) is 20.4 Å². The highest BCUT2D eigenvalue weighted by atomic mass is 32.2. The van der Waals surface area contributed by atoms with Gasteiger partial charge in [0.15, 0.2) is 0 Å². The second kappa shape index (κ2) is 8.79. The number of hydrogen-bond acceptors (Lipinski definition) is 6. The van der Waals surface area contributed by atoms with Crippen LogP contribution in [0.25, 0.3) is 0 Å². The zero-order valence-corrected chi connectivity index (χ0v) is 15.4. The minimum Gasteiger partial charge on any atom is -0.379 e. The van der Waals surface area contributed by atoms with Crippen LogP contribution in [0.4, 0.5) is 4.79 Å². The SMILES string of the molecule is CC(NC(N)=O)C(=O)NNC(=O)c1cccc(S(=O)(=O)N2CCOCC2)c1. The fourth-order valence-electron chi connectivity index (χ4n) is 2.31. The van der Waals surface area contributed by atoms with Gasteiger partial charge in [0.05, 0.1) is 18.1 Å². The lowest BCUT2D eigenvalue weighted by Gasteiger charge is -2.26. The third kappa shape index (κ3) is 5.39. The molecule has 12 heteroatoms. The molecule has 0 saturated carbocycles. The van der Waals surface area contributed by atoms with Crippen molar-refractivity contribution >= 4 is 27.9 Å². The number of carbonyl (C=O) groups is 3. The molecule has 2 rings (SSSR count). The van der Waals surface area contributed by atoms with E-state index in [9.17, 15) is 22.8 Å². The lowest BCUT2D eigenvalue weighted by molar-refractivity contribution is -0.123. The van der Waals surface area contributed by atoms with Gasteiger partial charge in [-0.1, -0.05) is 6.07 Å². The Balaban J connectivity index is 2.04. The summed E-state index contributed by atoms with van der Waals surface area (Å²) in [6.45, 7) is 2.47. The first-order valence-corrected chi connectivity index (χ1v) is 9.50. The van der Waals surface area contributed by atoms with E-state index >= 15 is 0 Å². The van der Waals surface area contributed by atoms with Gasteiger partial charge in [-0.15, -0.1) is 0 Å². The van der Waals surface area contributed by atoms with Crippen molar-refractivity contribution in [1.29, 1.82) is 0 Å². The van der Waals surface area contributed by atoms with E-state index in [0.29, 0.717) is 13.2 Å². The first-order chi connectivity index (χ1) is 12.7. The molecule has 5 N–H and O–H groups in total. The molecule has 0 radical (unpaired) electrons. The molecule has 11 nitrogen and oxygen atoms in total. The van der Waals surface area contributed by atoms with Crippen molar-refractivity contribution in [3.63, 3.8) is 0 Å². The number of hydrogen-bond donors (Lipinski definition) is 4. The van der Waals surface area contributed by atoms with Crippen LogP contribution in [0.15, 0.2) is 29.2 Å². The van der Waals surface area contributed by atoms with E-state index in [1.807, 2.05) is 0 Å². The Kier molecular flexibility index (Phi) is 6.71. The fraction of sp³-hybridized carbons (Fsp3) is 0.400. The Morgan fingerprint density at radius 2 is 1.85 bits per heavy atom. The number of urea groups is 1. The zero-order valence-electron chi connectivity index (χ0n) is 14.6. The molecule has 1 aliphatic rings. The summed E-state index contributed by atoms with van der Waals surface area (Å²) in [7, 11) is -3.75. The molecule has 0 aliphatic carbocycles. The van der Waals surface area contributed by atoms with Crippen LogP contribution in [0.5, 0.6) is 0 Å². The minimum absolute atomic E-state index is 0.0351. The number of nitrogens with two attached hydrogens (primary N) is 1. The minimum atomic E-state index is -3.75. The largest absolute Gasteiger partial charge is 0.379 e. The molecule has 0 spiro atoms. The van der Waals surface area contributed by atoms with Gasteiger partial charge in [-0.05, 0) is 25.1 Å². The zero-order chi connectivity index (χ0) is 20.0. The van der Waals surface area contributed by atoms with Crippen molar-refractivity contribution in [2.45, 2.75) is 17.9 Å². The van der Waals surface area contributed by atoms with Crippen LogP contribution in [0.2, 0.25) is 0 Å². The first kappa shape index (κ1) is 20.6. The molecule has 1 aliphatic heterocycles. The van der Waals surface area contributed by atoms with E-state index in [2.05, 4.69) is 16.2 Å². The molecule has 27 heavy (non-hydrogen) atoms. The van der Waals surface area contributed by atoms with Crippen LogP contribution in [0.3, 0.4) is 0 Å². The maximum Gasteiger partial charge on any atom is 0.312 e. The summed E-state index contributed by atoms with van der Waals surface area (Å²) in [5, 5.41) is 2.15. The predicted molar refractivity (Wildman–Crippen MR) is 93.8 cm³/mol. The fourth-order valence-corrected chi connectivity index (χ4v) is 3.77. The molecule has 1 unspecified atom stereocenters. The average Bonchev–Trinajstić information content (AvgIpc) is 2.66. The molecule has 1 aromatic carbocycles. The molecule has 0 aromatic heterocycles. The molecule has 148 valence electrons. The number of carbonyl (C=O) groups excluding carboxylic acids is 3. The number of benzene rings is 1. The number of hydrazine groups is 1. The molecule has 0 bridgehead atoms. The summed E-state index contributed by atoms with van der Waals surface area (Å²) in [6.07, 6.45) is 0. The number of amides is 4. The van der Waals surface area contributed by atoms with Crippen LogP contribution in [0, 0.1) is 0 Å². The van der Waals surface area contributed by atoms with Crippen LogP contribution in [-0.2, 0) is 19.6 Å². The van der Waals surface area contributed by atoms with E-state index in [1.165, 1.54) is 35.5 Å². The number of rotatable bonds is 5. The molecule has 1 saturated heterocycles. The van der Waals surface area contributed by atoms with Crippen LogP contribution >= 0.6 is 0 Å². The van der Waals surface area contributed by atoms with Crippen molar-refractivity contribution in [3.05, 3.63) is 29.8 Å². The van der Waals surface area contributed by atoms with Crippen molar-refractivity contribution in [2.75, 3.05) is 26.3 Å². The number of sulfonamides is 1. The highest BCUT2D eigenvalue weighted by Gasteiger charge is 2.27. The average molecular weight is 399 g/mol. The number of primary amides is 1. The second-order valence-electron chi connectivity index (χ2n) is 5.72. The molecule has 1 heterocycles. The Morgan fingerprint density at radius 1 is 1.19 bits per heavy atom. The highest BCUT2D eigenvalue weighted by Crippen LogP contribution is 2.18. The lowest BCUT2D eigenvalue weighted by atomic mass is 10.2. The Bertz CT molecular complexity index is 822. The number of nitrogens with one attached hydrogen (secondary N) is 3. The monoisotopic (exact) mass is 399 g/mol. The molecular formula is C15H21N5O6S. The van der Waals surface area contributed by atoms with Crippen molar-refractivity contribution in [1.82, 2.24) is 20.5 Å². The van der Waals surface area contributed by atoms with Gasteiger partial charge in [0.25, 0.3) is 11.8 Å². The van der Waals surface area contributed by atoms with Crippen molar-refractivity contribution < 1.29 is 27.5 Å². The summed E-state index contributed by atoms with van der Waals surface area (Å²) < 4.78 is 31.7. The Labute approximate surface area is 156 Å². The van der Waals surface area contributed by atoms with Crippen LogP contribution in [-0.4, -0.2) is 62.9 Å². The maximum absolute atomic E-state index is 12.6. The van der Waals surface area contributed by atoms with Gasteiger partial charge in [-0.2, -0.15) is 4.31 Å². The van der Waals surface area contributed by atoms with E-state index in [0.717, 1.165) is 0 Å². The quantitative estimate of drug-likeness (QED) is 0.442. The van der Waals surface area contributed by atoms with E-state index in [4.69, 9.17) is 10.5 Å². The molecule has 1 atom stereocenters. The van der Waals surface area contributed by atoms with Gasteiger partial charge < -0.3 is 15.8 Å². The lowest BCUT2D eigenvalue weighted by Crippen LogP contribution is -2.52. The number of ether oxygens (including phenoxy) is 1. The summed E-state index contributed by atoms with van der Waals surface area (Å²) in [5.41, 5.74) is 9.23. The van der Waals surface area contributed by atoms with E-state index in [-0.39, 0.29) is 23.5 Å². The van der Waals surface area contributed by atoms with Crippen molar-refractivity contribution in [3.8, 4) is 0 Å². The second-order valence-corrected chi connectivity index (χ2v) is 7.66. The van der Waals surface area contributed by atoms with Gasteiger partial charge in [0, 0.05) is 18.7 Å². The summed E-state index contributed by atoms with van der Waals surface area (Å²) in [4.78, 5) is 34.6. The molecular weight excluding hydrogens is 378 g/mol. The predicted octanol–water partition coefficient (Wildman–Crippen LogP) is -1.47. The van der Waals surface area contributed by atoms with Gasteiger partial charge in [-0.25, -0.2) is 13.2 Å². The van der Waals surface area contributed by atoms with Gasteiger partial charge in [0.2, 0.25) is 10.0 Å². The van der Waals surface area contributed by atoms with E-state index in [1.54, 1.807) is 0 Å². The normalized spacial score (nSPS) is 16.2. The molecule has 4 amide bonds. The Morgan fingerprint density at radius 3 is 2.48 bits per heavy atom. The number of morpholine rings is 1. The highest BCUT2D eigenvalue weighted by molar-refractivity contribution is 7.89. The molecule has 1 fully saturated rings. The standard InChI is InChI=1S/C15H21N5O6S/c1-10(17-15(16)23)13(21)18-19-14(22)11-3-2-4-12(9-11)27(24,25)20-5-7-26-8-6-20/h2-4,9-10H,5-8H2,1H3,(H,18,21)(H,19,22)(H3,16,17,23). The van der Waals surface area contributed by atoms with Crippen LogP contribution in [0.1, 0.15) is 17.3 Å². The van der Waals surface area contributed by atoms with Crippen LogP contribution < -0.4 is 21.9 Å². The number of nitrogens with zero attached hydrogens (tertiary/aromatic N) is 1. The van der Waals surface area contributed by atoms with Gasteiger partial charge in [0.1, 0.15) is 6.04 Å². The maximum atomic E-state index is 12.6. The summed E-state index contributed by atoms with van der Waals surface area (Å²) in [6, 6.07) is 3.60. The summed E-state index contributed by atoms with van der Waals surface area (Å²) in [5.74, 6) is -1.41. The Hall–Kier alpha value is -2.70. The first-order valence-electron chi connectivity index (χ1n) is 8.06. The van der Waals surface area contributed by atoms with Gasteiger partial charge >= 0.3 is 6.03 Å². The third-order valence-corrected chi connectivity index (χ3v) is 5.65. The molecule has 1 aromatic rings. The smallest absolute Gasteiger partial charge is 0.312 e. The van der Waals surface area contributed by atoms with E-state index < -0.39 is 33.9 Å². The third-order valence-electron chi connectivity index (χ3n) is 3.76.